The maximum atomic E-state index is 12.4. The van der Waals surface area contributed by atoms with Crippen LogP contribution in [0.3, 0.4) is 0 Å². The van der Waals surface area contributed by atoms with Crippen molar-refractivity contribution in [2.75, 3.05) is 10.6 Å². The first-order chi connectivity index (χ1) is 14.3. The Morgan fingerprint density at radius 1 is 0.533 bits per heavy atom. The maximum absolute atomic E-state index is 12.4. The molecule has 3 rings (SSSR count). The van der Waals surface area contributed by atoms with Crippen molar-refractivity contribution < 1.29 is 9.59 Å². The highest BCUT2D eigenvalue weighted by Gasteiger charge is 2.10. The van der Waals surface area contributed by atoms with E-state index in [1.807, 2.05) is 0 Å². The van der Waals surface area contributed by atoms with Crippen molar-refractivity contribution in [1.29, 1.82) is 0 Å². The van der Waals surface area contributed by atoms with Crippen LogP contribution in [0.4, 0.5) is 11.4 Å². The maximum Gasteiger partial charge on any atom is 0.255 e. The molecule has 150 valence electrons. The zero-order valence-electron chi connectivity index (χ0n) is 15.7. The summed E-state index contributed by atoms with van der Waals surface area (Å²) in [6.07, 6.45) is 0. The van der Waals surface area contributed by atoms with Gasteiger partial charge in [0.05, 0.1) is 0 Å². The smallest absolute Gasteiger partial charge is 0.255 e. The van der Waals surface area contributed by atoms with Crippen molar-refractivity contribution >= 4 is 57.6 Å². The summed E-state index contributed by atoms with van der Waals surface area (Å²) in [5, 5.41) is 5.57. The zero-order valence-corrected chi connectivity index (χ0v) is 17.3. The summed E-state index contributed by atoms with van der Waals surface area (Å²) in [6, 6.07) is 20.2. The van der Waals surface area contributed by atoms with Gasteiger partial charge < -0.3 is 22.1 Å². The van der Waals surface area contributed by atoms with Crippen molar-refractivity contribution in [3.63, 3.8) is 0 Å². The number of rotatable bonds is 6. The van der Waals surface area contributed by atoms with E-state index in [0.717, 1.165) is 11.1 Å². The molecule has 0 saturated heterocycles. The Morgan fingerprint density at radius 3 is 1.07 bits per heavy atom. The summed E-state index contributed by atoms with van der Waals surface area (Å²) in [4.78, 5) is 25.4. The SMILES string of the molecule is NC(=S)c1ccc(NC(=O)c2ccc(C(=O)Nc3ccc(C(N)=S)cc3)cc2)cc1. The van der Waals surface area contributed by atoms with E-state index in [9.17, 15) is 9.59 Å². The molecule has 0 bridgehead atoms. The molecule has 0 spiro atoms. The van der Waals surface area contributed by atoms with Crippen LogP contribution in [0.15, 0.2) is 72.8 Å². The molecule has 30 heavy (non-hydrogen) atoms. The Balaban J connectivity index is 1.63. The molecule has 0 radical (unpaired) electrons. The zero-order chi connectivity index (χ0) is 21.7. The second-order valence-electron chi connectivity index (χ2n) is 6.37. The lowest BCUT2D eigenvalue weighted by molar-refractivity contribution is 0.101. The van der Waals surface area contributed by atoms with Crippen molar-refractivity contribution in [2.24, 2.45) is 11.5 Å². The molecule has 0 fully saturated rings. The molecule has 6 nitrogen and oxygen atoms in total. The van der Waals surface area contributed by atoms with Crippen LogP contribution in [0.1, 0.15) is 31.8 Å². The Morgan fingerprint density at radius 2 is 0.800 bits per heavy atom. The van der Waals surface area contributed by atoms with Crippen LogP contribution in [0.25, 0.3) is 0 Å². The average molecular weight is 435 g/mol. The summed E-state index contributed by atoms with van der Waals surface area (Å²) in [5.74, 6) is -0.586. The van der Waals surface area contributed by atoms with Crippen LogP contribution in [0, 0.1) is 0 Å². The van der Waals surface area contributed by atoms with E-state index >= 15 is 0 Å². The molecule has 0 aliphatic rings. The highest BCUT2D eigenvalue weighted by atomic mass is 32.1. The first-order valence-electron chi connectivity index (χ1n) is 8.86. The van der Waals surface area contributed by atoms with Crippen molar-refractivity contribution in [3.8, 4) is 0 Å². The minimum Gasteiger partial charge on any atom is -0.389 e. The van der Waals surface area contributed by atoms with Crippen molar-refractivity contribution in [1.82, 2.24) is 0 Å². The summed E-state index contributed by atoms with van der Waals surface area (Å²) >= 11 is 9.82. The summed E-state index contributed by atoms with van der Waals surface area (Å²) in [5.41, 5.74) is 14.6. The molecule has 0 unspecified atom stereocenters. The number of nitrogens with one attached hydrogen (secondary N) is 2. The molecule has 0 saturated carbocycles. The lowest BCUT2D eigenvalue weighted by Crippen LogP contribution is -2.15. The van der Waals surface area contributed by atoms with E-state index in [1.165, 1.54) is 0 Å². The Kier molecular flexibility index (Phi) is 6.51. The number of hydrogen-bond acceptors (Lipinski definition) is 4. The number of hydrogen-bond donors (Lipinski definition) is 4. The largest absolute Gasteiger partial charge is 0.389 e. The van der Waals surface area contributed by atoms with E-state index < -0.39 is 0 Å². The summed E-state index contributed by atoms with van der Waals surface area (Å²) < 4.78 is 0. The molecule has 6 N–H and O–H groups in total. The van der Waals surface area contributed by atoms with Gasteiger partial charge in [-0.2, -0.15) is 0 Å². The fraction of sp³-hybridized carbons (Fsp3) is 0. The standard InChI is InChI=1S/C22H18N4O2S2/c23-19(29)13-5-9-17(10-6-13)25-21(27)15-1-2-16(4-3-15)22(28)26-18-11-7-14(8-12-18)20(24)30/h1-12H,(H2,23,29)(H2,24,30)(H,25,27)(H,26,28). The van der Waals surface area contributed by atoms with Gasteiger partial charge in [-0.15, -0.1) is 0 Å². The number of benzene rings is 3. The lowest BCUT2D eigenvalue weighted by Gasteiger charge is -2.08. The normalized spacial score (nSPS) is 10.1. The minimum absolute atomic E-state index is 0.292. The molecule has 2 amide bonds. The molecule has 3 aromatic rings. The van der Waals surface area contributed by atoms with Gasteiger partial charge in [0.15, 0.2) is 0 Å². The predicted molar refractivity (Wildman–Crippen MR) is 127 cm³/mol. The third-order valence-corrected chi connectivity index (χ3v) is 4.74. The van der Waals surface area contributed by atoms with Crippen LogP contribution in [-0.4, -0.2) is 21.8 Å². The van der Waals surface area contributed by atoms with Crippen molar-refractivity contribution in [2.45, 2.75) is 0 Å². The van der Waals surface area contributed by atoms with Gasteiger partial charge in [0.25, 0.3) is 11.8 Å². The quantitative estimate of drug-likeness (QED) is 0.442. The van der Waals surface area contributed by atoms with Gasteiger partial charge in [-0.3, -0.25) is 9.59 Å². The molecular weight excluding hydrogens is 416 g/mol. The highest BCUT2D eigenvalue weighted by Crippen LogP contribution is 2.14. The first kappa shape index (κ1) is 21.1. The molecule has 3 aromatic carbocycles. The molecule has 0 atom stereocenters. The Labute approximate surface area is 184 Å². The van der Waals surface area contributed by atoms with Crippen LogP contribution in [0.2, 0.25) is 0 Å². The van der Waals surface area contributed by atoms with Crippen molar-refractivity contribution in [3.05, 3.63) is 95.1 Å². The summed E-state index contributed by atoms with van der Waals surface area (Å²) in [6.45, 7) is 0. The Hall–Kier alpha value is -3.62. The molecule has 0 heterocycles. The number of thiocarbonyl (C=S) groups is 2. The summed E-state index contributed by atoms with van der Waals surface area (Å²) in [7, 11) is 0. The molecule has 0 aliphatic heterocycles. The number of anilines is 2. The van der Waals surface area contributed by atoms with Gasteiger partial charge in [-0.05, 0) is 72.8 Å². The second kappa shape index (κ2) is 9.25. The fourth-order valence-corrected chi connectivity index (χ4v) is 2.89. The fourth-order valence-electron chi connectivity index (χ4n) is 2.62. The van der Waals surface area contributed by atoms with E-state index in [-0.39, 0.29) is 11.8 Å². The van der Waals surface area contributed by atoms with Crippen LogP contribution in [0.5, 0.6) is 0 Å². The molecule has 0 aliphatic carbocycles. The van der Waals surface area contributed by atoms with Crippen LogP contribution < -0.4 is 22.1 Å². The van der Waals surface area contributed by atoms with E-state index in [4.69, 9.17) is 35.9 Å². The number of carbonyl (C=O) groups excluding carboxylic acids is 2. The third kappa shape index (κ3) is 5.25. The number of amides is 2. The van der Waals surface area contributed by atoms with Gasteiger partial charge in [-0.1, -0.05) is 24.4 Å². The predicted octanol–water partition coefficient (Wildman–Crippen LogP) is 3.46. The number of nitrogens with two attached hydrogens (primary N) is 2. The first-order valence-corrected chi connectivity index (χ1v) is 9.67. The van der Waals surface area contributed by atoms with Crippen LogP contribution >= 0.6 is 24.4 Å². The average Bonchev–Trinajstić information content (AvgIpc) is 2.74. The molecular formula is C22H18N4O2S2. The Bertz CT molecular complexity index is 1020. The third-order valence-electron chi connectivity index (χ3n) is 4.26. The topological polar surface area (TPSA) is 110 Å². The minimum atomic E-state index is -0.293. The number of carbonyl (C=O) groups is 2. The van der Waals surface area contributed by atoms with Gasteiger partial charge in [0, 0.05) is 33.6 Å². The van der Waals surface area contributed by atoms with E-state index in [1.54, 1.807) is 72.8 Å². The van der Waals surface area contributed by atoms with Gasteiger partial charge in [0.1, 0.15) is 9.98 Å². The molecule has 0 aromatic heterocycles. The molecule has 8 heteroatoms. The van der Waals surface area contributed by atoms with Gasteiger partial charge in [0.2, 0.25) is 0 Å². The van der Waals surface area contributed by atoms with E-state index in [0.29, 0.717) is 32.5 Å². The van der Waals surface area contributed by atoms with Gasteiger partial charge in [-0.25, -0.2) is 0 Å². The lowest BCUT2D eigenvalue weighted by atomic mass is 10.1. The van der Waals surface area contributed by atoms with Crippen LogP contribution in [-0.2, 0) is 0 Å². The highest BCUT2D eigenvalue weighted by molar-refractivity contribution is 7.80. The monoisotopic (exact) mass is 434 g/mol. The van der Waals surface area contributed by atoms with E-state index in [2.05, 4.69) is 10.6 Å². The second-order valence-corrected chi connectivity index (χ2v) is 7.25. The van der Waals surface area contributed by atoms with Gasteiger partial charge >= 0.3 is 0 Å².